The fourth-order valence-corrected chi connectivity index (χ4v) is 3.29. The zero-order chi connectivity index (χ0) is 23.9. The summed E-state index contributed by atoms with van der Waals surface area (Å²) in [6.07, 6.45) is 3.92. The van der Waals surface area contributed by atoms with Gasteiger partial charge in [0.05, 0.1) is 29.2 Å². The Morgan fingerprint density at radius 2 is 1.88 bits per heavy atom. The molecule has 0 heterocycles. The Kier molecular flexibility index (Phi) is 8.53. The van der Waals surface area contributed by atoms with Crippen molar-refractivity contribution in [1.29, 1.82) is 0 Å². The van der Waals surface area contributed by atoms with E-state index in [9.17, 15) is 18.0 Å². The van der Waals surface area contributed by atoms with Gasteiger partial charge in [-0.05, 0) is 42.7 Å². The zero-order valence-corrected chi connectivity index (χ0v) is 18.2. The van der Waals surface area contributed by atoms with E-state index in [4.69, 9.17) is 12.2 Å². The molecule has 0 aliphatic rings. The van der Waals surface area contributed by atoms with Crippen molar-refractivity contribution in [2.75, 3.05) is 22.5 Å². The Morgan fingerprint density at radius 1 is 1.22 bits per heavy atom. The molecule has 0 aliphatic carbocycles. The van der Waals surface area contributed by atoms with Crippen molar-refractivity contribution in [3.05, 3.63) is 52.8 Å². The first-order valence-corrected chi connectivity index (χ1v) is 10.3. The largest absolute Gasteiger partial charge is 0.416 e. The average molecular weight is 449 g/mol. The van der Waals surface area contributed by atoms with Crippen LogP contribution in [0.15, 0.2) is 30.3 Å². The molecule has 0 unspecified atom stereocenters. The Balaban J connectivity index is 2.28. The van der Waals surface area contributed by atoms with E-state index < -0.39 is 17.6 Å². The van der Waals surface area contributed by atoms with Crippen molar-refractivity contribution in [3.8, 4) is 12.3 Å². The maximum atomic E-state index is 15.2. The Labute approximate surface area is 185 Å². The first kappa shape index (κ1) is 25.1. The van der Waals surface area contributed by atoms with Crippen molar-refractivity contribution in [2.24, 2.45) is 0 Å². The average Bonchev–Trinajstić information content (AvgIpc) is 2.73. The van der Waals surface area contributed by atoms with Crippen molar-refractivity contribution in [2.45, 2.75) is 52.3 Å². The van der Waals surface area contributed by atoms with Gasteiger partial charge in [0.25, 0.3) is 0 Å². The first-order chi connectivity index (χ1) is 15.1. The van der Waals surface area contributed by atoms with Gasteiger partial charge in [-0.2, -0.15) is 13.2 Å². The summed E-state index contributed by atoms with van der Waals surface area (Å²) in [5, 5.41) is 2.68. The maximum Gasteiger partial charge on any atom is 0.416 e. The highest BCUT2D eigenvalue weighted by molar-refractivity contribution is 5.95. The van der Waals surface area contributed by atoms with Gasteiger partial charge in [0.15, 0.2) is 5.82 Å². The lowest BCUT2D eigenvalue weighted by atomic mass is 10.1. The van der Waals surface area contributed by atoms with E-state index in [-0.39, 0.29) is 36.1 Å². The highest BCUT2D eigenvalue weighted by Crippen LogP contribution is 2.35. The molecule has 8 heteroatoms. The standard InChI is InChI=1S/C24H27F4N3O/c1-4-6-7-8-20(32)30-23-16(3)14-19(21(25)22(23)29)31(13-5-2)15-17-9-11-18(12-10-17)24(26,27)28/h2,9-12,14H,4,6-8,13,15,29H2,1,3H3,(H,30,32). The second-order valence-corrected chi connectivity index (χ2v) is 7.58. The summed E-state index contributed by atoms with van der Waals surface area (Å²) in [7, 11) is 0. The molecule has 2 rings (SSSR count). The minimum atomic E-state index is -4.44. The molecule has 0 aliphatic heterocycles. The fourth-order valence-electron chi connectivity index (χ4n) is 3.29. The van der Waals surface area contributed by atoms with Crippen LogP contribution in [0, 0.1) is 25.1 Å². The third-order valence-electron chi connectivity index (χ3n) is 5.03. The Hall–Kier alpha value is -3.21. The number of carbonyl (C=O) groups excluding carboxylic acids is 1. The molecule has 0 radical (unpaired) electrons. The molecule has 0 saturated heterocycles. The van der Waals surface area contributed by atoms with Gasteiger partial charge in [0.2, 0.25) is 5.91 Å². The highest BCUT2D eigenvalue weighted by Gasteiger charge is 2.30. The minimum Gasteiger partial charge on any atom is -0.395 e. The van der Waals surface area contributed by atoms with Gasteiger partial charge < -0.3 is 16.0 Å². The minimum absolute atomic E-state index is 0.0134. The van der Waals surface area contributed by atoms with Gasteiger partial charge in [0, 0.05) is 13.0 Å². The number of nitrogens with zero attached hydrogens (tertiary/aromatic N) is 1. The smallest absolute Gasteiger partial charge is 0.395 e. The number of carbonyl (C=O) groups is 1. The van der Waals surface area contributed by atoms with E-state index in [1.807, 2.05) is 6.92 Å². The molecule has 172 valence electrons. The van der Waals surface area contributed by atoms with Crippen LogP contribution in [0.5, 0.6) is 0 Å². The van der Waals surface area contributed by atoms with Crippen LogP contribution in [0.2, 0.25) is 0 Å². The number of aryl methyl sites for hydroxylation is 1. The summed E-state index contributed by atoms with van der Waals surface area (Å²) in [5.74, 6) is 1.44. The number of alkyl halides is 3. The molecule has 1 amide bonds. The van der Waals surface area contributed by atoms with E-state index >= 15 is 4.39 Å². The van der Waals surface area contributed by atoms with E-state index in [1.165, 1.54) is 23.1 Å². The fraction of sp³-hybridized carbons (Fsp3) is 0.375. The molecule has 0 atom stereocenters. The van der Waals surface area contributed by atoms with E-state index in [1.54, 1.807) is 6.92 Å². The predicted molar refractivity (Wildman–Crippen MR) is 120 cm³/mol. The Morgan fingerprint density at radius 3 is 2.44 bits per heavy atom. The summed E-state index contributed by atoms with van der Waals surface area (Å²) in [6, 6.07) is 6.11. The molecule has 4 nitrogen and oxygen atoms in total. The summed E-state index contributed by atoms with van der Waals surface area (Å²) >= 11 is 0. The number of hydrogen-bond donors (Lipinski definition) is 2. The van der Waals surface area contributed by atoms with Crippen LogP contribution < -0.4 is 16.0 Å². The number of anilines is 3. The number of nitrogens with two attached hydrogens (primary N) is 1. The van der Waals surface area contributed by atoms with Crippen LogP contribution in [0.1, 0.15) is 49.3 Å². The number of halogens is 4. The number of terminal acetylenes is 1. The van der Waals surface area contributed by atoms with E-state index in [2.05, 4.69) is 11.2 Å². The molecular formula is C24H27F4N3O. The van der Waals surface area contributed by atoms with Crippen molar-refractivity contribution in [3.63, 3.8) is 0 Å². The van der Waals surface area contributed by atoms with Crippen LogP contribution in [0.25, 0.3) is 0 Å². The predicted octanol–water partition coefficient (Wildman–Crippen LogP) is 5.89. The maximum absolute atomic E-state index is 15.2. The molecule has 0 fully saturated rings. The van der Waals surface area contributed by atoms with E-state index in [0.717, 1.165) is 31.4 Å². The topological polar surface area (TPSA) is 58.4 Å². The molecule has 3 N–H and O–H groups in total. The number of benzene rings is 2. The summed E-state index contributed by atoms with van der Waals surface area (Å²) < 4.78 is 53.5. The molecule has 0 bridgehead atoms. The number of nitrogen functional groups attached to an aromatic ring is 1. The van der Waals surface area contributed by atoms with Crippen LogP contribution in [0.3, 0.4) is 0 Å². The van der Waals surface area contributed by atoms with E-state index in [0.29, 0.717) is 17.5 Å². The SMILES string of the molecule is C#CCN(Cc1ccc(C(F)(F)F)cc1)c1cc(C)c(NC(=O)CCCCC)c(N)c1F. The molecule has 0 aromatic heterocycles. The normalized spacial score (nSPS) is 11.2. The molecule has 0 spiro atoms. The Bertz CT molecular complexity index is 979. The van der Waals surface area contributed by atoms with Gasteiger partial charge in [0.1, 0.15) is 0 Å². The van der Waals surface area contributed by atoms with Crippen LogP contribution in [-0.2, 0) is 17.5 Å². The lowest BCUT2D eigenvalue weighted by Crippen LogP contribution is -2.25. The van der Waals surface area contributed by atoms with Crippen molar-refractivity contribution in [1.82, 2.24) is 0 Å². The third kappa shape index (κ3) is 6.39. The summed E-state index contributed by atoms with van der Waals surface area (Å²) in [6.45, 7) is 3.81. The number of unbranched alkanes of at least 4 members (excludes halogenated alkanes) is 2. The second-order valence-electron chi connectivity index (χ2n) is 7.58. The van der Waals surface area contributed by atoms with Gasteiger partial charge in [-0.3, -0.25) is 4.79 Å². The molecule has 32 heavy (non-hydrogen) atoms. The second kappa shape index (κ2) is 10.9. The van der Waals surface area contributed by atoms with Gasteiger partial charge in [-0.1, -0.05) is 37.8 Å². The number of rotatable bonds is 9. The number of hydrogen-bond acceptors (Lipinski definition) is 3. The zero-order valence-electron chi connectivity index (χ0n) is 18.2. The van der Waals surface area contributed by atoms with Gasteiger partial charge in [-0.25, -0.2) is 4.39 Å². The monoisotopic (exact) mass is 449 g/mol. The molecule has 0 saturated carbocycles. The summed E-state index contributed by atoms with van der Waals surface area (Å²) in [5.41, 5.74) is 6.41. The lowest BCUT2D eigenvalue weighted by Gasteiger charge is -2.25. The van der Waals surface area contributed by atoms with Crippen molar-refractivity contribution < 1.29 is 22.4 Å². The lowest BCUT2D eigenvalue weighted by molar-refractivity contribution is -0.137. The quantitative estimate of drug-likeness (QED) is 0.217. The molecule has 2 aromatic carbocycles. The van der Waals surface area contributed by atoms with Gasteiger partial charge >= 0.3 is 6.18 Å². The first-order valence-electron chi connectivity index (χ1n) is 10.3. The van der Waals surface area contributed by atoms with Crippen LogP contribution >= 0.6 is 0 Å². The molecule has 2 aromatic rings. The van der Waals surface area contributed by atoms with Gasteiger partial charge in [-0.15, -0.1) is 6.42 Å². The van der Waals surface area contributed by atoms with Crippen LogP contribution in [-0.4, -0.2) is 12.5 Å². The number of amides is 1. The summed E-state index contributed by atoms with van der Waals surface area (Å²) in [4.78, 5) is 13.7. The van der Waals surface area contributed by atoms with Crippen LogP contribution in [0.4, 0.5) is 34.6 Å². The highest BCUT2D eigenvalue weighted by atomic mass is 19.4. The number of nitrogens with one attached hydrogen (secondary N) is 1. The van der Waals surface area contributed by atoms with Crippen molar-refractivity contribution >= 4 is 23.0 Å². The molecular weight excluding hydrogens is 422 g/mol. The third-order valence-corrected chi connectivity index (χ3v) is 5.03.